The maximum atomic E-state index is 13.7. The fourth-order valence-electron chi connectivity index (χ4n) is 2.79. The zero-order valence-corrected chi connectivity index (χ0v) is 13.1. The summed E-state index contributed by atoms with van der Waals surface area (Å²) in [4.78, 5) is 14.0. The van der Waals surface area contributed by atoms with Gasteiger partial charge in [0.15, 0.2) is 5.78 Å². The van der Waals surface area contributed by atoms with Crippen molar-refractivity contribution in [2.45, 2.75) is 46.1 Å². The number of piperidine rings is 1. The predicted molar refractivity (Wildman–Crippen MR) is 82.6 cm³/mol. The van der Waals surface area contributed by atoms with E-state index in [1.807, 2.05) is 0 Å². The second-order valence-electron chi connectivity index (χ2n) is 5.76. The monoisotopic (exact) mass is 293 g/mol. The molecule has 1 aliphatic rings. The molecule has 0 radical (unpaired) electrons. The molecule has 1 aliphatic heterocycles. The summed E-state index contributed by atoms with van der Waals surface area (Å²) in [6, 6.07) is 3.15. The molecule has 0 saturated carbocycles. The van der Waals surface area contributed by atoms with Crippen molar-refractivity contribution in [2.24, 2.45) is 0 Å². The maximum Gasteiger partial charge on any atom is 0.161 e. The second kappa shape index (κ2) is 7.03. The normalized spacial score (nSPS) is 18.9. The van der Waals surface area contributed by atoms with Crippen LogP contribution in [0.3, 0.4) is 0 Å². The standard InChI is InChI=1S/C17H24FNO2/c1-4-8-21-14-6-5-7-19(11-14)17-9-12(2)16(18)10-15(17)13(3)20/h9-10,14H,4-8,11H2,1-3H3. The predicted octanol–water partition coefficient (Wildman–Crippen LogP) is 3.73. The van der Waals surface area contributed by atoms with E-state index in [9.17, 15) is 9.18 Å². The van der Waals surface area contributed by atoms with Crippen LogP contribution in [-0.2, 0) is 4.74 Å². The van der Waals surface area contributed by atoms with E-state index in [1.165, 1.54) is 13.0 Å². The van der Waals surface area contributed by atoms with Gasteiger partial charge >= 0.3 is 0 Å². The molecular formula is C17H24FNO2. The number of hydrogen-bond acceptors (Lipinski definition) is 3. The first kappa shape index (κ1) is 16.0. The fourth-order valence-corrected chi connectivity index (χ4v) is 2.79. The first-order valence-electron chi connectivity index (χ1n) is 7.70. The number of hydrogen-bond donors (Lipinski definition) is 0. The number of carbonyl (C=O) groups excluding carboxylic acids is 1. The van der Waals surface area contributed by atoms with Gasteiger partial charge in [-0.1, -0.05) is 6.92 Å². The molecule has 1 atom stereocenters. The highest BCUT2D eigenvalue weighted by Gasteiger charge is 2.24. The van der Waals surface area contributed by atoms with Crippen LogP contribution in [-0.4, -0.2) is 31.6 Å². The molecule has 4 heteroatoms. The van der Waals surface area contributed by atoms with E-state index in [0.717, 1.165) is 44.6 Å². The number of rotatable bonds is 5. The Hall–Kier alpha value is -1.42. The number of nitrogens with zero attached hydrogens (tertiary/aromatic N) is 1. The number of ketones is 1. The summed E-state index contributed by atoms with van der Waals surface area (Å²) in [7, 11) is 0. The molecule has 1 fully saturated rings. The average Bonchev–Trinajstić information content (AvgIpc) is 2.47. The molecule has 3 nitrogen and oxygen atoms in total. The number of aryl methyl sites for hydroxylation is 1. The Kier molecular flexibility index (Phi) is 5.34. The summed E-state index contributed by atoms with van der Waals surface area (Å²) >= 11 is 0. The van der Waals surface area contributed by atoms with E-state index in [-0.39, 0.29) is 17.7 Å². The minimum absolute atomic E-state index is 0.0968. The molecule has 21 heavy (non-hydrogen) atoms. The first-order chi connectivity index (χ1) is 10.0. The van der Waals surface area contributed by atoms with Gasteiger partial charge in [0, 0.05) is 30.9 Å². The van der Waals surface area contributed by atoms with Crippen molar-refractivity contribution >= 4 is 11.5 Å². The summed E-state index contributed by atoms with van der Waals surface area (Å²) in [5.74, 6) is -0.416. The molecule has 0 bridgehead atoms. The third-order valence-electron chi connectivity index (χ3n) is 3.93. The average molecular weight is 293 g/mol. The Balaban J connectivity index is 2.23. The van der Waals surface area contributed by atoms with Crippen molar-refractivity contribution in [1.82, 2.24) is 0 Å². The van der Waals surface area contributed by atoms with Gasteiger partial charge < -0.3 is 9.64 Å². The van der Waals surface area contributed by atoms with Crippen LogP contribution >= 0.6 is 0 Å². The van der Waals surface area contributed by atoms with E-state index < -0.39 is 0 Å². The zero-order chi connectivity index (χ0) is 15.4. The minimum atomic E-state index is -0.320. The molecular weight excluding hydrogens is 269 g/mol. The van der Waals surface area contributed by atoms with Gasteiger partial charge in [0.1, 0.15) is 5.82 Å². The molecule has 0 aliphatic carbocycles. The van der Waals surface area contributed by atoms with Crippen molar-refractivity contribution in [3.63, 3.8) is 0 Å². The summed E-state index contributed by atoms with van der Waals surface area (Å²) in [5.41, 5.74) is 1.88. The van der Waals surface area contributed by atoms with Gasteiger partial charge in [0.25, 0.3) is 0 Å². The largest absolute Gasteiger partial charge is 0.376 e. The Morgan fingerprint density at radius 3 is 2.90 bits per heavy atom. The molecule has 0 amide bonds. The number of ether oxygens (including phenoxy) is 1. The second-order valence-corrected chi connectivity index (χ2v) is 5.76. The van der Waals surface area contributed by atoms with Crippen LogP contribution in [0.25, 0.3) is 0 Å². The van der Waals surface area contributed by atoms with E-state index in [1.54, 1.807) is 13.0 Å². The zero-order valence-electron chi connectivity index (χ0n) is 13.1. The lowest BCUT2D eigenvalue weighted by atomic mass is 10.0. The molecule has 0 aromatic heterocycles. The molecule has 1 aromatic carbocycles. The molecule has 0 N–H and O–H groups in total. The maximum absolute atomic E-state index is 13.7. The van der Waals surface area contributed by atoms with E-state index in [0.29, 0.717) is 11.1 Å². The van der Waals surface area contributed by atoms with Gasteiger partial charge in [-0.2, -0.15) is 0 Å². The van der Waals surface area contributed by atoms with Crippen LogP contribution < -0.4 is 4.90 Å². The van der Waals surface area contributed by atoms with E-state index in [4.69, 9.17) is 4.74 Å². The van der Waals surface area contributed by atoms with Crippen molar-refractivity contribution < 1.29 is 13.9 Å². The van der Waals surface area contributed by atoms with Crippen molar-refractivity contribution in [3.8, 4) is 0 Å². The van der Waals surface area contributed by atoms with Gasteiger partial charge in [-0.15, -0.1) is 0 Å². The van der Waals surface area contributed by atoms with Crippen LogP contribution in [0.5, 0.6) is 0 Å². The highest BCUT2D eigenvalue weighted by molar-refractivity contribution is 6.00. The van der Waals surface area contributed by atoms with Crippen LogP contribution in [0.15, 0.2) is 12.1 Å². The number of halogens is 1. The highest BCUT2D eigenvalue weighted by Crippen LogP contribution is 2.28. The lowest BCUT2D eigenvalue weighted by Gasteiger charge is -2.35. The molecule has 0 spiro atoms. The summed E-state index contributed by atoms with van der Waals surface area (Å²) in [6.07, 6.45) is 3.28. The van der Waals surface area contributed by atoms with Gasteiger partial charge in [-0.25, -0.2) is 4.39 Å². The van der Waals surface area contributed by atoms with Crippen molar-refractivity contribution in [1.29, 1.82) is 0 Å². The van der Waals surface area contributed by atoms with Crippen molar-refractivity contribution in [3.05, 3.63) is 29.1 Å². The number of benzene rings is 1. The number of anilines is 1. The first-order valence-corrected chi connectivity index (χ1v) is 7.70. The van der Waals surface area contributed by atoms with Gasteiger partial charge in [-0.05, 0) is 50.8 Å². The quantitative estimate of drug-likeness (QED) is 0.775. The summed E-state index contributed by atoms with van der Waals surface area (Å²) in [5, 5.41) is 0. The Labute approximate surface area is 126 Å². The van der Waals surface area contributed by atoms with Gasteiger partial charge in [0.05, 0.1) is 6.10 Å². The molecule has 1 heterocycles. The SMILES string of the molecule is CCCOC1CCCN(c2cc(C)c(F)cc2C(C)=O)C1. The van der Waals surface area contributed by atoms with E-state index in [2.05, 4.69) is 11.8 Å². The van der Waals surface area contributed by atoms with Gasteiger partial charge in [-0.3, -0.25) is 4.79 Å². The summed E-state index contributed by atoms with van der Waals surface area (Å²) in [6.45, 7) is 7.74. The lowest BCUT2D eigenvalue weighted by Crippen LogP contribution is -2.40. The van der Waals surface area contributed by atoms with Crippen LogP contribution in [0.2, 0.25) is 0 Å². The van der Waals surface area contributed by atoms with Gasteiger partial charge in [0.2, 0.25) is 0 Å². The lowest BCUT2D eigenvalue weighted by molar-refractivity contribution is 0.0440. The molecule has 1 saturated heterocycles. The molecule has 1 aromatic rings. The topological polar surface area (TPSA) is 29.5 Å². The molecule has 1 unspecified atom stereocenters. The third-order valence-corrected chi connectivity index (χ3v) is 3.93. The smallest absolute Gasteiger partial charge is 0.161 e. The van der Waals surface area contributed by atoms with Crippen molar-refractivity contribution in [2.75, 3.05) is 24.6 Å². The third kappa shape index (κ3) is 3.82. The number of Topliss-reactive ketones (excluding diaryl/α,β-unsaturated/α-hetero) is 1. The highest BCUT2D eigenvalue weighted by atomic mass is 19.1. The molecule has 116 valence electrons. The van der Waals surface area contributed by atoms with Crippen LogP contribution in [0, 0.1) is 12.7 Å². The van der Waals surface area contributed by atoms with Crippen LogP contribution in [0.1, 0.15) is 49.0 Å². The Morgan fingerprint density at radius 2 is 2.24 bits per heavy atom. The van der Waals surface area contributed by atoms with Crippen LogP contribution in [0.4, 0.5) is 10.1 Å². The van der Waals surface area contributed by atoms with E-state index >= 15 is 0 Å². The Morgan fingerprint density at radius 1 is 1.48 bits per heavy atom. The Bertz CT molecular complexity index is 516. The number of carbonyl (C=O) groups is 1. The molecule has 2 rings (SSSR count). The fraction of sp³-hybridized carbons (Fsp3) is 0.588. The summed E-state index contributed by atoms with van der Waals surface area (Å²) < 4.78 is 19.6. The minimum Gasteiger partial charge on any atom is -0.376 e.